The predicted octanol–water partition coefficient (Wildman–Crippen LogP) is 4.67. The van der Waals surface area contributed by atoms with Crippen molar-refractivity contribution >= 4 is 7.12 Å². The number of aryl methyl sites for hydroxylation is 1. The van der Waals surface area contributed by atoms with Gasteiger partial charge in [-0.15, -0.1) is 0 Å². The Morgan fingerprint density at radius 2 is 1.57 bits per heavy atom. The van der Waals surface area contributed by atoms with Gasteiger partial charge >= 0.3 is 7.12 Å². The molecule has 0 saturated heterocycles. The summed E-state index contributed by atoms with van der Waals surface area (Å²) in [6.45, 7) is 0. The number of hydrogen-bond acceptors (Lipinski definition) is 3. The molecule has 0 bridgehead atoms. The highest BCUT2D eigenvalue weighted by molar-refractivity contribution is 6.40. The Kier molecular flexibility index (Phi) is 8.14. The second-order valence-corrected chi connectivity index (χ2v) is 8.48. The average molecular weight is 379 g/mol. The van der Waals surface area contributed by atoms with Crippen LogP contribution in [0.5, 0.6) is 0 Å². The highest BCUT2D eigenvalue weighted by atomic mass is 16.4. The van der Waals surface area contributed by atoms with Gasteiger partial charge < -0.3 is 15.8 Å². The molecule has 4 N–H and O–H groups in total. The Bertz CT molecular complexity index is 684. The standard InChI is InChI=1S/C24H34BNO2/c26-24(11-4-5-16-25(27)28)23-17-20(18-23)8-6-7-19-12-14-22(15-13-19)21-9-2-1-3-10-21/h1-3,9-10,12-15,20,23-24,27-28H,4-8,11,16-18,26H2. The molecule has 0 spiro atoms. The maximum atomic E-state index is 8.87. The van der Waals surface area contributed by atoms with Gasteiger partial charge in [-0.3, -0.25) is 0 Å². The second kappa shape index (κ2) is 10.8. The summed E-state index contributed by atoms with van der Waals surface area (Å²) in [5, 5.41) is 17.7. The smallest absolute Gasteiger partial charge is 0.427 e. The van der Waals surface area contributed by atoms with Crippen molar-refractivity contribution < 1.29 is 10.0 Å². The molecule has 2 aromatic rings. The third-order valence-corrected chi connectivity index (χ3v) is 6.27. The second-order valence-electron chi connectivity index (χ2n) is 8.48. The number of benzene rings is 2. The van der Waals surface area contributed by atoms with Crippen LogP contribution in [0.15, 0.2) is 54.6 Å². The molecule has 0 aromatic heterocycles. The minimum absolute atomic E-state index is 0.289. The van der Waals surface area contributed by atoms with Crippen LogP contribution in [0.1, 0.15) is 50.5 Å². The van der Waals surface area contributed by atoms with Crippen LogP contribution in [0.4, 0.5) is 0 Å². The average Bonchev–Trinajstić information content (AvgIpc) is 2.68. The van der Waals surface area contributed by atoms with Crippen molar-refractivity contribution in [1.82, 2.24) is 0 Å². The van der Waals surface area contributed by atoms with Crippen molar-refractivity contribution in [3.8, 4) is 11.1 Å². The van der Waals surface area contributed by atoms with Gasteiger partial charge in [0.1, 0.15) is 0 Å². The van der Waals surface area contributed by atoms with E-state index in [1.807, 2.05) is 0 Å². The van der Waals surface area contributed by atoms with E-state index in [2.05, 4.69) is 54.6 Å². The fourth-order valence-corrected chi connectivity index (χ4v) is 4.40. The monoisotopic (exact) mass is 379 g/mol. The summed E-state index contributed by atoms with van der Waals surface area (Å²) in [5.41, 5.74) is 10.3. The van der Waals surface area contributed by atoms with Crippen LogP contribution < -0.4 is 5.73 Å². The fourth-order valence-electron chi connectivity index (χ4n) is 4.40. The third kappa shape index (κ3) is 6.47. The lowest BCUT2D eigenvalue weighted by molar-refractivity contribution is 0.144. The zero-order valence-electron chi connectivity index (χ0n) is 16.8. The van der Waals surface area contributed by atoms with E-state index in [0.29, 0.717) is 12.2 Å². The molecular formula is C24H34BNO2. The van der Waals surface area contributed by atoms with E-state index in [0.717, 1.165) is 31.6 Å². The molecule has 28 heavy (non-hydrogen) atoms. The van der Waals surface area contributed by atoms with Crippen LogP contribution in [0.2, 0.25) is 6.32 Å². The lowest BCUT2D eigenvalue weighted by Crippen LogP contribution is -2.39. The molecule has 1 atom stereocenters. The van der Waals surface area contributed by atoms with E-state index in [4.69, 9.17) is 15.8 Å². The molecule has 0 amide bonds. The van der Waals surface area contributed by atoms with E-state index < -0.39 is 7.12 Å². The van der Waals surface area contributed by atoms with Crippen LogP contribution in [0.3, 0.4) is 0 Å². The van der Waals surface area contributed by atoms with Crippen LogP contribution in [0.25, 0.3) is 11.1 Å². The lowest BCUT2D eigenvalue weighted by atomic mass is 9.68. The van der Waals surface area contributed by atoms with Gasteiger partial charge in [-0.2, -0.15) is 0 Å². The SMILES string of the molecule is NC(CCCCB(O)O)C1CC(CCCc2ccc(-c3ccccc3)cc2)C1. The molecule has 1 fully saturated rings. The normalized spacial score (nSPS) is 19.8. The van der Waals surface area contributed by atoms with Crippen molar-refractivity contribution in [2.24, 2.45) is 17.6 Å². The molecule has 0 aliphatic heterocycles. The van der Waals surface area contributed by atoms with Crippen molar-refractivity contribution in [3.63, 3.8) is 0 Å². The molecule has 1 saturated carbocycles. The Morgan fingerprint density at radius 3 is 2.25 bits per heavy atom. The molecule has 0 radical (unpaired) electrons. The summed E-state index contributed by atoms with van der Waals surface area (Å²) < 4.78 is 0. The molecule has 0 heterocycles. The lowest BCUT2D eigenvalue weighted by Gasteiger charge is -2.39. The molecule has 1 aliphatic rings. The first kappa shape index (κ1) is 21.1. The van der Waals surface area contributed by atoms with Gasteiger partial charge in [0.15, 0.2) is 0 Å². The molecule has 3 nitrogen and oxygen atoms in total. The molecule has 3 rings (SSSR count). The van der Waals surface area contributed by atoms with Gasteiger partial charge in [-0.25, -0.2) is 0 Å². The Balaban J connectivity index is 1.29. The number of nitrogens with two attached hydrogens (primary N) is 1. The maximum absolute atomic E-state index is 8.87. The van der Waals surface area contributed by atoms with Gasteiger partial charge in [0.2, 0.25) is 0 Å². The van der Waals surface area contributed by atoms with Crippen LogP contribution in [-0.2, 0) is 6.42 Å². The highest BCUT2D eigenvalue weighted by Gasteiger charge is 2.32. The Hall–Kier alpha value is -1.62. The Morgan fingerprint density at radius 1 is 0.893 bits per heavy atom. The number of rotatable bonds is 11. The largest absolute Gasteiger partial charge is 0.451 e. The summed E-state index contributed by atoms with van der Waals surface area (Å²) in [6.07, 6.45) is 9.60. The first-order valence-electron chi connectivity index (χ1n) is 10.9. The van der Waals surface area contributed by atoms with Crippen molar-refractivity contribution in [2.75, 3.05) is 0 Å². The Labute approximate surface area is 170 Å². The van der Waals surface area contributed by atoms with E-state index in [-0.39, 0.29) is 6.04 Å². The maximum Gasteiger partial charge on any atom is 0.451 e. The molecule has 2 aromatic carbocycles. The van der Waals surface area contributed by atoms with Gasteiger partial charge in [0.05, 0.1) is 0 Å². The quantitative estimate of drug-likeness (QED) is 0.393. The van der Waals surface area contributed by atoms with Crippen LogP contribution >= 0.6 is 0 Å². The highest BCUT2D eigenvalue weighted by Crippen LogP contribution is 2.39. The zero-order valence-corrected chi connectivity index (χ0v) is 16.8. The first-order valence-corrected chi connectivity index (χ1v) is 10.9. The van der Waals surface area contributed by atoms with Crippen molar-refractivity contribution in [1.29, 1.82) is 0 Å². The summed E-state index contributed by atoms with van der Waals surface area (Å²) in [4.78, 5) is 0. The first-order chi connectivity index (χ1) is 13.6. The van der Waals surface area contributed by atoms with Crippen molar-refractivity contribution in [2.45, 2.75) is 63.7 Å². The van der Waals surface area contributed by atoms with E-state index >= 15 is 0 Å². The fraction of sp³-hybridized carbons (Fsp3) is 0.500. The topological polar surface area (TPSA) is 66.5 Å². The van der Waals surface area contributed by atoms with E-state index in [9.17, 15) is 0 Å². The minimum Gasteiger partial charge on any atom is -0.427 e. The van der Waals surface area contributed by atoms with Gasteiger partial charge in [-0.1, -0.05) is 73.9 Å². The van der Waals surface area contributed by atoms with E-state index in [1.165, 1.54) is 42.4 Å². The van der Waals surface area contributed by atoms with Gasteiger partial charge in [0.25, 0.3) is 0 Å². The molecule has 150 valence electrons. The zero-order chi connectivity index (χ0) is 19.8. The van der Waals surface area contributed by atoms with Gasteiger partial charge in [0, 0.05) is 6.04 Å². The van der Waals surface area contributed by atoms with Gasteiger partial charge in [-0.05, 0) is 67.0 Å². The molecule has 1 aliphatic carbocycles. The summed E-state index contributed by atoms with van der Waals surface area (Å²) in [7, 11) is -1.17. The summed E-state index contributed by atoms with van der Waals surface area (Å²) in [6, 6.07) is 19.8. The minimum atomic E-state index is -1.17. The number of unbranched alkanes of at least 4 members (excludes halogenated alkanes) is 1. The molecule has 1 unspecified atom stereocenters. The van der Waals surface area contributed by atoms with Crippen LogP contribution in [-0.4, -0.2) is 23.2 Å². The van der Waals surface area contributed by atoms with Crippen molar-refractivity contribution in [3.05, 3.63) is 60.2 Å². The third-order valence-electron chi connectivity index (χ3n) is 6.27. The predicted molar refractivity (Wildman–Crippen MR) is 118 cm³/mol. The summed E-state index contributed by atoms with van der Waals surface area (Å²) in [5.74, 6) is 1.52. The van der Waals surface area contributed by atoms with E-state index in [1.54, 1.807) is 0 Å². The summed E-state index contributed by atoms with van der Waals surface area (Å²) >= 11 is 0. The molecule has 4 heteroatoms. The molecular weight excluding hydrogens is 345 g/mol. The van der Waals surface area contributed by atoms with Crippen LogP contribution in [0, 0.1) is 11.8 Å². The number of hydrogen-bond donors (Lipinski definition) is 3.